The van der Waals surface area contributed by atoms with Crippen LogP contribution in [0.15, 0.2) is 82.6 Å². The van der Waals surface area contributed by atoms with Crippen molar-refractivity contribution in [2.45, 2.75) is 13.5 Å². The van der Waals surface area contributed by atoms with E-state index >= 15 is 0 Å². The van der Waals surface area contributed by atoms with Crippen molar-refractivity contribution < 1.29 is 14.4 Å². The molecule has 0 saturated carbocycles. The fourth-order valence-electron chi connectivity index (χ4n) is 3.70. The number of H-pyrrole nitrogens is 1. The van der Waals surface area contributed by atoms with Gasteiger partial charge in [0.2, 0.25) is 0 Å². The van der Waals surface area contributed by atoms with E-state index in [2.05, 4.69) is 10.1 Å². The lowest BCUT2D eigenvalue weighted by molar-refractivity contribution is -0.384. The second-order valence-electron chi connectivity index (χ2n) is 7.76. The van der Waals surface area contributed by atoms with E-state index in [1.165, 1.54) is 28.9 Å². The van der Waals surface area contributed by atoms with Gasteiger partial charge in [-0.15, -0.1) is 0 Å². The smallest absolute Gasteiger partial charge is 0.280 e. The average molecular weight is 473 g/mol. The van der Waals surface area contributed by atoms with Gasteiger partial charge in [0.1, 0.15) is 11.5 Å². The number of ether oxygens (including phenoxy) is 2. The molecule has 0 aliphatic heterocycles. The minimum Gasteiger partial charge on any atom is -0.497 e. The quantitative estimate of drug-likeness (QED) is 0.226. The molecule has 1 heterocycles. The molecule has 0 atom stereocenters. The Bertz CT molecular complexity index is 1430. The summed E-state index contributed by atoms with van der Waals surface area (Å²) in [5.41, 5.74) is 3.38. The first-order valence-corrected chi connectivity index (χ1v) is 10.8. The van der Waals surface area contributed by atoms with Gasteiger partial charge in [0.25, 0.3) is 11.2 Å². The van der Waals surface area contributed by atoms with Gasteiger partial charge >= 0.3 is 0 Å². The summed E-state index contributed by atoms with van der Waals surface area (Å²) in [4.78, 5) is 28.8. The van der Waals surface area contributed by atoms with E-state index < -0.39 is 4.92 Å². The Morgan fingerprint density at radius 2 is 1.69 bits per heavy atom. The number of methoxy groups -OCH3 is 2. The molecule has 4 rings (SSSR count). The molecular formula is C26H24N4O5. The normalized spacial score (nSPS) is 11.3. The van der Waals surface area contributed by atoms with Gasteiger partial charge in [-0.2, -0.15) is 0 Å². The number of nitrogens with one attached hydrogen (secondary N) is 1. The van der Waals surface area contributed by atoms with Crippen molar-refractivity contribution in [3.05, 3.63) is 104 Å². The highest BCUT2D eigenvalue weighted by atomic mass is 16.6. The van der Waals surface area contributed by atoms with Gasteiger partial charge in [-0.3, -0.25) is 25.0 Å². The summed E-state index contributed by atoms with van der Waals surface area (Å²) in [5.74, 6) is 1.42. The van der Waals surface area contributed by atoms with E-state index in [1.807, 2.05) is 48.5 Å². The van der Waals surface area contributed by atoms with Crippen LogP contribution >= 0.6 is 0 Å². The first kappa shape index (κ1) is 23.5. The lowest BCUT2D eigenvalue weighted by atomic mass is 10.0. The molecular weight excluding hydrogens is 448 g/mol. The fraction of sp³-hybridized carbons (Fsp3) is 0.154. The van der Waals surface area contributed by atoms with Crippen molar-refractivity contribution in [2.24, 2.45) is 4.99 Å². The molecule has 4 aromatic rings. The third kappa shape index (κ3) is 4.98. The third-order valence-corrected chi connectivity index (χ3v) is 5.58. The number of aromatic nitrogens is 2. The number of hydrogen-bond acceptors (Lipinski definition) is 6. The molecule has 0 aliphatic rings. The number of nitrogens with zero attached hydrogens (tertiary/aromatic N) is 3. The summed E-state index contributed by atoms with van der Waals surface area (Å²) in [6.07, 6.45) is 0. The summed E-state index contributed by atoms with van der Waals surface area (Å²) < 4.78 is 11.9. The number of aliphatic imine (C=N–C) groups is 1. The van der Waals surface area contributed by atoms with Crippen molar-refractivity contribution in [3.63, 3.8) is 0 Å². The largest absolute Gasteiger partial charge is 0.497 e. The maximum absolute atomic E-state index is 13.5. The molecule has 0 saturated heterocycles. The van der Waals surface area contributed by atoms with Gasteiger partial charge < -0.3 is 9.47 Å². The van der Waals surface area contributed by atoms with Gasteiger partial charge in [-0.25, -0.2) is 4.68 Å². The monoisotopic (exact) mass is 472 g/mol. The summed E-state index contributed by atoms with van der Waals surface area (Å²) in [6, 6.07) is 20.7. The lowest BCUT2D eigenvalue weighted by Crippen LogP contribution is -2.19. The maximum Gasteiger partial charge on any atom is 0.280 e. The highest BCUT2D eigenvalue weighted by Crippen LogP contribution is 2.25. The van der Waals surface area contributed by atoms with E-state index in [4.69, 9.17) is 9.47 Å². The molecule has 9 nitrogen and oxygen atoms in total. The second-order valence-corrected chi connectivity index (χ2v) is 7.76. The highest BCUT2D eigenvalue weighted by Gasteiger charge is 2.20. The molecule has 0 radical (unpaired) electrons. The van der Waals surface area contributed by atoms with Crippen LogP contribution in [0.2, 0.25) is 0 Å². The van der Waals surface area contributed by atoms with Crippen LogP contribution in [0.4, 0.5) is 5.69 Å². The molecule has 3 aromatic carbocycles. The average Bonchev–Trinajstić information content (AvgIpc) is 3.24. The van der Waals surface area contributed by atoms with Gasteiger partial charge in [0, 0.05) is 23.4 Å². The zero-order valence-electron chi connectivity index (χ0n) is 19.5. The Morgan fingerprint density at radius 3 is 2.31 bits per heavy atom. The molecule has 0 spiro atoms. The van der Waals surface area contributed by atoms with Gasteiger partial charge in [0.05, 0.1) is 42.6 Å². The Balaban J connectivity index is 1.80. The number of benzene rings is 3. The molecule has 0 fully saturated rings. The van der Waals surface area contributed by atoms with Crippen LogP contribution in [0.25, 0.3) is 16.9 Å². The minimum atomic E-state index is -0.481. The van der Waals surface area contributed by atoms with E-state index in [0.29, 0.717) is 35.0 Å². The first-order chi connectivity index (χ1) is 16.9. The lowest BCUT2D eigenvalue weighted by Gasteiger charge is -2.06. The van der Waals surface area contributed by atoms with Crippen molar-refractivity contribution in [1.82, 2.24) is 9.78 Å². The van der Waals surface area contributed by atoms with Crippen molar-refractivity contribution in [3.8, 4) is 28.4 Å². The highest BCUT2D eigenvalue weighted by molar-refractivity contribution is 6.03. The summed E-state index contributed by atoms with van der Waals surface area (Å²) >= 11 is 0. The Morgan fingerprint density at radius 1 is 1.00 bits per heavy atom. The van der Waals surface area contributed by atoms with Crippen LogP contribution in [0, 0.1) is 10.1 Å². The summed E-state index contributed by atoms with van der Waals surface area (Å²) in [6.45, 7) is 2.16. The number of hydrogen-bond donors (Lipinski definition) is 1. The number of rotatable bonds is 8. The number of nitro benzene ring substituents is 1. The maximum atomic E-state index is 13.5. The van der Waals surface area contributed by atoms with Gasteiger partial charge in [-0.05, 0) is 61.0 Å². The molecule has 1 aromatic heterocycles. The van der Waals surface area contributed by atoms with Crippen LogP contribution in [0.1, 0.15) is 18.1 Å². The molecule has 0 bridgehead atoms. The van der Waals surface area contributed by atoms with Crippen molar-refractivity contribution in [1.29, 1.82) is 0 Å². The molecule has 9 heteroatoms. The zero-order chi connectivity index (χ0) is 24.9. The standard InChI is InChI=1S/C26H24N4O5/c1-17(27-16-18-5-4-6-23(15-18)35-3)24-25(19-7-13-22(34-2)14-8-19)28-29(26(24)31)20-9-11-21(12-10-20)30(32)33/h4-15,28H,16H2,1-3H3. The Hall–Kier alpha value is -4.66. The van der Waals surface area contributed by atoms with Crippen LogP contribution in [-0.2, 0) is 6.54 Å². The van der Waals surface area contributed by atoms with Crippen molar-refractivity contribution >= 4 is 11.4 Å². The Kier molecular flexibility index (Phi) is 6.77. The Labute approximate surface area is 201 Å². The summed E-state index contributed by atoms with van der Waals surface area (Å²) in [5, 5.41) is 14.2. The topological polar surface area (TPSA) is 112 Å². The second kappa shape index (κ2) is 10.1. The fourth-order valence-corrected chi connectivity index (χ4v) is 3.70. The SMILES string of the molecule is COc1ccc(-c2[nH]n(-c3ccc([N+](=O)[O-])cc3)c(=O)c2C(C)=NCc2cccc(OC)c2)cc1. The first-order valence-electron chi connectivity index (χ1n) is 10.8. The van der Waals surface area contributed by atoms with Crippen LogP contribution < -0.4 is 15.0 Å². The number of non-ortho nitro benzene ring substituents is 1. The zero-order valence-corrected chi connectivity index (χ0v) is 19.5. The van der Waals surface area contributed by atoms with E-state index in [0.717, 1.165) is 16.9 Å². The molecule has 0 aliphatic carbocycles. The molecule has 35 heavy (non-hydrogen) atoms. The van der Waals surface area contributed by atoms with E-state index in [9.17, 15) is 14.9 Å². The van der Waals surface area contributed by atoms with Gasteiger partial charge in [0.15, 0.2) is 0 Å². The van der Waals surface area contributed by atoms with Gasteiger partial charge in [-0.1, -0.05) is 12.1 Å². The van der Waals surface area contributed by atoms with E-state index in [1.54, 1.807) is 21.1 Å². The minimum absolute atomic E-state index is 0.0556. The van der Waals surface area contributed by atoms with Crippen LogP contribution in [0.3, 0.4) is 0 Å². The number of nitro groups is 1. The number of aromatic amines is 1. The predicted octanol–water partition coefficient (Wildman–Crippen LogP) is 4.77. The summed E-state index contributed by atoms with van der Waals surface area (Å²) in [7, 11) is 3.19. The van der Waals surface area contributed by atoms with E-state index in [-0.39, 0.29) is 11.2 Å². The molecule has 0 amide bonds. The van der Waals surface area contributed by atoms with Crippen molar-refractivity contribution in [2.75, 3.05) is 14.2 Å². The predicted molar refractivity (Wildman–Crippen MR) is 134 cm³/mol. The van der Waals surface area contributed by atoms with Crippen LogP contribution in [0.5, 0.6) is 11.5 Å². The molecule has 1 N–H and O–H groups in total. The van der Waals surface area contributed by atoms with Crippen LogP contribution in [-0.4, -0.2) is 34.6 Å². The molecule has 178 valence electrons. The molecule has 0 unspecified atom stereocenters. The third-order valence-electron chi connectivity index (χ3n) is 5.58.